The third-order valence-electron chi connectivity index (χ3n) is 4.05. The van der Waals surface area contributed by atoms with Crippen LogP contribution in [0.1, 0.15) is 53.4 Å². The number of nitrogens with one attached hydrogen (secondary N) is 1. The predicted octanol–water partition coefficient (Wildman–Crippen LogP) is 3.31. The fourth-order valence-corrected chi connectivity index (χ4v) is 3.04. The summed E-state index contributed by atoms with van der Waals surface area (Å²) in [4.78, 5) is 26.5. The van der Waals surface area contributed by atoms with Gasteiger partial charge in [0.15, 0.2) is 5.82 Å². The molecular weight excluding hydrogens is 306 g/mol. The van der Waals surface area contributed by atoms with E-state index in [4.69, 9.17) is 4.52 Å². The predicted molar refractivity (Wildman–Crippen MR) is 92.3 cm³/mol. The SMILES string of the molecule is CC(CC(=O)N(CC(=O)Nc1ccon1)CC1CC1)CC(C)(C)C. The maximum Gasteiger partial charge on any atom is 0.245 e. The number of hydrogen-bond acceptors (Lipinski definition) is 4. The number of carbonyl (C=O) groups excluding carboxylic acids is 2. The molecule has 1 saturated carbocycles. The van der Waals surface area contributed by atoms with E-state index in [9.17, 15) is 9.59 Å². The van der Waals surface area contributed by atoms with E-state index in [1.807, 2.05) is 0 Å². The summed E-state index contributed by atoms with van der Waals surface area (Å²) in [6.45, 7) is 9.40. The average molecular weight is 335 g/mol. The van der Waals surface area contributed by atoms with Crippen molar-refractivity contribution in [1.82, 2.24) is 10.1 Å². The average Bonchev–Trinajstić information content (AvgIpc) is 3.10. The van der Waals surface area contributed by atoms with Gasteiger partial charge in [-0.1, -0.05) is 32.9 Å². The minimum absolute atomic E-state index is 0.0638. The monoisotopic (exact) mass is 335 g/mol. The van der Waals surface area contributed by atoms with Crippen LogP contribution in [0.15, 0.2) is 16.9 Å². The topological polar surface area (TPSA) is 75.4 Å². The lowest BCUT2D eigenvalue weighted by molar-refractivity contribution is -0.135. The van der Waals surface area contributed by atoms with Gasteiger partial charge >= 0.3 is 0 Å². The first-order valence-corrected chi connectivity index (χ1v) is 8.71. The van der Waals surface area contributed by atoms with Crippen LogP contribution in [-0.2, 0) is 9.59 Å². The molecule has 0 spiro atoms. The standard InChI is InChI=1S/C18H29N3O3/c1-13(10-18(2,3)4)9-17(23)21(11-14-5-6-14)12-16(22)19-15-7-8-24-20-15/h7-8,13-14H,5-6,9-12H2,1-4H3,(H,19,20,22). The molecule has 1 fully saturated rings. The largest absolute Gasteiger partial charge is 0.363 e. The van der Waals surface area contributed by atoms with Crippen LogP contribution in [0.4, 0.5) is 5.82 Å². The summed E-state index contributed by atoms with van der Waals surface area (Å²) in [7, 11) is 0. The van der Waals surface area contributed by atoms with Gasteiger partial charge in [0.05, 0.1) is 6.54 Å². The first-order chi connectivity index (χ1) is 11.2. The minimum atomic E-state index is -0.235. The second kappa shape index (κ2) is 7.81. The molecule has 2 rings (SSSR count). The Bertz CT molecular complexity index is 544. The van der Waals surface area contributed by atoms with Crippen molar-refractivity contribution in [2.75, 3.05) is 18.4 Å². The molecule has 2 amide bonds. The minimum Gasteiger partial charge on any atom is -0.363 e. The van der Waals surface area contributed by atoms with Crippen molar-refractivity contribution in [3.63, 3.8) is 0 Å². The van der Waals surface area contributed by atoms with Gasteiger partial charge in [-0.3, -0.25) is 9.59 Å². The van der Waals surface area contributed by atoms with E-state index in [0.29, 0.717) is 30.6 Å². The van der Waals surface area contributed by atoms with Crippen molar-refractivity contribution in [3.05, 3.63) is 12.3 Å². The van der Waals surface area contributed by atoms with Gasteiger partial charge in [0.2, 0.25) is 11.8 Å². The lowest BCUT2D eigenvalue weighted by Gasteiger charge is -2.26. The summed E-state index contributed by atoms with van der Waals surface area (Å²) in [5, 5.41) is 6.31. The molecule has 6 nitrogen and oxygen atoms in total. The number of carbonyl (C=O) groups is 2. The first kappa shape index (κ1) is 18.5. The number of nitrogens with zero attached hydrogens (tertiary/aromatic N) is 2. The van der Waals surface area contributed by atoms with Crippen molar-refractivity contribution >= 4 is 17.6 Å². The molecule has 0 radical (unpaired) electrons. The van der Waals surface area contributed by atoms with Crippen LogP contribution >= 0.6 is 0 Å². The van der Waals surface area contributed by atoms with Crippen molar-refractivity contribution < 1.29 is 14.1 Å². The van der Waals surface area contributed by atoms with Gasteiger partial charge in [-0.25, -0.2) is 0 Å². The molecular formula is C18H29N3O3. The van der Waals surface area contributed by atoms with Crippen molar-refractivity contribution in [2.24, 2.45) is 17.3 Å². The molecule has 0 bridgehead atoms. The Morgan fingerprint density at radius 1 is 1.42 bits per heavy atom. The summed E-state index contributed by atoms with van der Waals surface area (Å²) in [6.07, 6.45) is 5.16. The molecule has 134 valence electrons. The number of aromatic nitrogens is 1. The van der Waals surface area contributed by atoms with Gasteiger partial charge in [0, 0.05) is 19.0 Å². The molecule has 1 aliphatic carbocycles. The zero-order valence-corrected chi connectivity index (χ0v) is 15.2. The lowest BCUT2D eigenvalue weighted by atomic mass is 9.84. The van der Waals surface area contributed by atoms with Gasteiger partial charge in [0.1, 0.15) is 6.26 Å². The number of amides is 2. The number of anilines is 1. The van der Waals surface area contributed by atoms with E-state index in [-0.39, 0.29) is 23.8 Å². The van der Waals surface area contributed by atoms with Crippen LogP contribution in [0.25, 0.3) is 0 Å². The highest BCUT2D eigenvalue weighted by Gasteiger charge is 2.29. The van der Waals surface area contributed by atoms with Crippen molar-refractivity contribution in [1.29, 1.82) is 0 Å². The van der Waals surface area contributed by atoms with Crippen LogP contribution in [0.2, 0.25) is 0 Å². The summed E-state index contributed by atoms with van der Waals surface area (Å²) in [5.74, 6) is 1.06. The van der Waals surface area contributed by atoms with Gasteiger partial charge in [0.25, 0.3) is 0 Å². The smallest absolute Gasteiger partial charge is 0.245 e. The third-order valence-corrected chi connectivity index (χ3v) is 4.05. The number of rotatable bonds is 8. The second-order valence-electron chi connectivity index (χ2n) is 8.22. The van der Waals surface area contributed by atoms with E-state index >= 15 is 0 Å². The molecule has 1 unspecified atom stereocenters. The van der Waals surface area contributed by atoms with Crippen LogP contribution in [-0.4, -0.2) is 35.0 Å². The van der Waals surface area contributed by atoms with Crippen LogP contribution in [0, 0.1) is 17.3 Å². The Morgan fingerprint density at radius 3 is 2.67 bits per heavy atom. The molecule has 0 saturated heterocycles. The summed E-state index contributed by atoms with van der Waals surface area (Å²) >= 11 is 0. The maximum absolute atomic E-state index is 12.7. The van der Waals surface area contributed by atoms with Crippen LogP contribution < -0.4 is 5.32 Å². The van der Waals surface area contributed by atoms with E-state index in [0.717, 1.165) is 19.3 Å². The Balaban J connectivity index is 1.88. The summed E-state index contributed by atoms with van der Waals surface area (Å²) < 4.78 is 4.70. The van der Waals surface area contributed by atoms with Gasteiger partial charge in [-0.05, 0) is 36.5 Å². The van der Waals surface area contributed by atoms with Gasteiger partial charge in [-0.2, -0.15) is 0 Å². The van der Waals surface area contributed by atoms with Crippen molar-refractivity contribution in [2.45, 2.75) is 53.4 Å². The Labute approximate surface area is 143 Å². The normalized spacial score (nSPS) is 15.8. The molecule has 1 atom stereocenters. The maximum atomic E-state index is 12.7. The van der Waals surface area contributed by atoms with E-state index in [1.54, 1.807) is 11.0 Å². The summed E-state index contributed by atoms with van der Waals surface area (Å²) in [5.41, 5.74) is 0.200. The molecule has 0 aliphatic heterocycles. The molecule has 1 aromatic heterocycles. The fourth-order valence-electron chi connectivity index (χ4n) is 3.04. The Morgan fingerprint density at radius 2 is 2.12 bits per heavy atom. The highest BCUT2D eigenvalue weighted by molar-refractivity contribution is 5.93. The molecule has 24 heavy (non-hydrogen) atoms. The molecule has 1 aliphatic rings. The fraction of sp³-hybridized carbons (Fsp3) is 0.722. The zero-order valence-electron chi connectivity index (χ0n) is 15.2. The summed E-state index contributed by atoms with van der Waals surface area (Å²) in [6, 6.07) is 1.58. The zero-order chi connectivity index (χ0) is 17.7. The van der Waals surface area contributed by atoms with E-state index < -0.39 is 0 Å². The lowest BCUT2D eigenvalue weighted by Crippen LogP contribution is -2.40. The number of hydrogen-bond donors (Lipinski definition) is 1. The Hall–Kier alpha value is -1.85. The second-order valence-corrected chi connectivity index (χ2v) is 8.22. The van der Waals surface area contributed by atoms with Crippen LogP contribution in [0.3, 0.4) is 0 Å². The highest BCUT2D eigenvalue weighted by atomic mass is 16.5. The highest BCUT2D eigenvalue weighted by Crippen LogP contribution is 2.31. The molecule has 6 heteroatoms. The Kier molecular flexibility index (Phi) is 6.02. The molecule has 1 N–H and O–H groups in total. The van der Waals surface area contributed by atoms with E-state index in [2.05, 4.69) is 38.2 Å². The third kappa shape index (κ3) is 6.72. The molecule has 0 aromatic carbocycles. The quantitative estimate of drug-likeness (QED) is 0.791. The van der Waals surface area contributed by atoms with Gasteiger partial charge in [-0.15, -0.1) is 0 Å². The van der Waals surface area contributed by atoms with Crippen LogP contribution in [0.5, 0.6) is 0 Å². The van der Waals surface area contributed by atoms with Gasteiger partial charge < -0.3 is 14.7 Å². The molecule has 1 heterocycles. The first-order valence-electron chi connectivity index (χ1n) is 8.71. The van der Waals surface area contributed by atoms with Crippen molar-refractivity contribution in [3.8, 4) is 0 Å². The molecule has 1 aromatic rings. The van der Waals surface area contributed by atoms with E-state index in [1.165, 1.54) is 6.26 Å².